The Morgan fingerprint density at radius 3 is 2.21 bits per heavy atom. The smallest absolute Gasteiger partial charge is 0.599 e. The van der Waals surface area contributed by atoms with Crippen LogP contribution in [0.3, 0.4) is 0 Å². The fourth-order valence-electron chi connectivity index (χ4n) is 4.98. The molecule has 33 heavy (non-hydrogen) atoms. The highest BCUT2D eigenvalue weighted by Crippen LogP contribution is 2.41. The molecule has 0 radical (unpaired) electrons. The number of hydrogen-bond donors (Lipinski definition) is 1. The van der Waals surface area contributed by atoms with Gasteiger partial charge in [-0.3, -0.25) is 19.2 Å². The monoisotopic (exact) mass is 498 g/mol. The zero-order valence-corrected chi connectivity index (χ0v) is 20.7. The van der Waals surface area contributed by atoms with Gasteiger partial charge < -0.3 is 19.0 Å². The molecule has 2 fully saturated rings. The van der Waals surface area contributed by atoms with Crippen LogP contribution in [0.15, 0.2) is 18.2 Å². The summed E-state index contributed by atoms with van der Waals surface area (Å²) < 4.78 is 11.5. The molecule has 2 heterocycles. The van der Waals surface area contributed by atoms with Gasteiger partial charge in [0.05, 0.1) is 11.0 Å². The zero-order valence-electron chi connectivity index (χ0n) is 19.2. The number of fused-ring (bicyclic) bond motifs is 1. The highest BCUT2D eigenvalue weighted by atomic mass is 35.5. The molecule has 1 N–H and O–H groups in total. The van der Waals surface area contributed by atoms with E-state index in [1.165, 1.54) is 12.1 Å². The molecule has 0 aliphatic carbocycles. The Balaban J connectivity index is 1.80. The molecule has 0 unspecified atom stereocenters. The molecule has 2 aliphatic heterocycles. The van der Waals surface area contributed by atoms with Crippen LogP contribution in [0, 0.1) is 5.92 Å². The van der Waals surface area contributed by atoms with Gasteiger partial charge in [0, 0.05) is 29.5 Å². The Bertz CT molecular complexity index is 964. The van der Waals surface area contributed by atoms with Gasteiger partial charge in [-0.05, 0) is 44.4 Å². The first kappa shape index (κ1) is 25.5. The first-order valence-corrected chi connectivity index (χ1v) is 11.9. The molecule has 180 valence electrons. The summed E-state index contributed by atoms with van der Waals surface area (Å²) in [6.07, 6.45) is 0.253. The lowest BCUT2D eigenvalue weighted by Gasteiger charge is -2.50. The molecule has 0 aromatic heterocycles. The van der Waals surface area contributed by atoms with E-state index in [-0.39, 0.29) is 58.7 Å². The van der Waals surface area contributed by atoms with Gasteiger partial charge in [0.1, 0.15) is 13.1 Å². The van der Waals surface area contributed by atoms with E-state index >= 15 is 0 Å². The highest BCUT2D eigenvalue weighted by molar-refractivity contribution is 6.68. The van der Waals surface area contributed by atoms with Gasteiger partial charge >= 0.3 is 18.6 Å². The average Bonchev–Trinajstić information content (AvgIpc) is 3.15. The summed E-state index contributed by atoms with van der Waals surface area (Å²) in [7, 11) is 0. The summed E-state index contributed by atoms with van der Waals surface area (Å²) in [5.41, 5.74) is 0.253. The third kappa shape index (κ3) is 4.90. The van der Waals surface area contributed by atoms with Gasteiger partial charge in [-0.2, -0.15) is 0 Å². The molecular weight excluding hydrogens is 470 g/mol. The van der Waals surface area contributed by atoms with Crippen molar-refractivity contribution in [3.63, 3.8) is 0 Å². The van der Waals surface area contributed by atoms with Gasteiger partial charge in [0.15, 0.2) is 5.78 Å². The van der Waals surface area contributed by atoms with E-state index in [2.05, 4.69) is 5.32 Å². The summed E-state index contributed by atoms with van der Waals surface area (Å²) >= 11 is 12.0. The lowest BCUT2D eigenvalue weighted by molar-refractivity contribution is -0.839. The second-order valence-electron chi connectivity index (χ2n) is 9.57. The third-order valence-electron chi connectivity index (χ3n) is 6.58. The molecule has 0 saturated carbocycles. The van der Waals surface area contributed by atoms with Crippen LogP contribution < -0.4 is 5.32 Å². The number of ketones is 1. The van der Waals surface area contributed by atoms with Crippen molar-refractivity contribution in [3.05, 3.63) is 33.8 Å². The van der Waals surface area contributed by atoms with Crippen LogP contribution in [0.4, 0.5) is 0 Å². The minimum atomic E-state index is -2.49. The second kappa shape index (κ2) is 9.64. The molecule has 0 bridgehead atoms. The predicted octanol–water partition coefficient (Wildman–Crippen LogP) is 3.30. The summed E-state index contributed by atoms with van der Waals surface area (Å²) in [5.74, 6) is -2.21. The van der Waals surface area contributed by atoms with Crippen LogP contribution in [0.2, 0.25) is 10.0 Å². The lowest BCUT2D eigenvalue weighted by atomic mass is 9.56. The molecule has 2 saturated heterocycles. The van der Waals surface area contributed by atoms with Gasteiger partial charge in [0.2, 0.25) is 5.91 Å². The SMILES string of the molecule is CC(C)C[C@H](NC(=O)CCC(=O)c1cc(Cl)ccc1Cl)[B-]12OC(=O)C[N+]1(C(C)C)CC(=O)O2. The number of carbonyl (C=O) groups is 4. The second-order valence-corrected chi connectivity index (χ2v) is 10.4. The van der Waals surface area contributed by atoms with Crippen LogP contribution in [0.5, 0.6) is 0 Å². The first-order valence-electron chi connectivity index (χ1n) is 11.1. The van der Waals surface area contributed by atoms with E-state index in [0.717, 1.165) is 0 Å². The number of rotatable bonds is 9. The Morgan fingerprint density at radius 2 is 1.67 bits per heavy atom. The molecular formula is C22H29BCl2N2O6. The number of quaternary nitrogens is 1. The van der Waals surface area contributed by atoms with Crippen LogP contribution in [0.25, 0.3) is 0 Å². The van der Waals surface area contributed by atoms with Gasteiger partial charge in [0.25, 0.3) is 0 Å². The van der Waals surface area contributed by atoms with Crippen LogP contribution in [-0.4, -0.2) is 59.8 Å². The Kier molecular flexibility index (Phi) is 7.46. The lowest BCUT2D eigenvalue weighted by Crippen LogP contribution is -2.74. The molecule has 2 aliphatic rings. The third-order valence-corrected chi connectivity index (χ3v) is 7.15. The Morgan fingerprint density at radius 1 is 1.06 bits per heavy atom. The summed E-state index contributed by atoms with van der Waals surface area (Å²) in [6.45, 7) is 5.28. The van der Waals surface area contributed by atoms with E-state index < -0.39 is 30.5 Å². The quantitative estimate of drug-likeness (QED) is 0.414. The van der Waals surface area contributed by atoms with Gasteiger partial charge in [-0.15, -0.1) is 0 Å². The number of benzene rings is 1. The molecule has 3 rings (SSSR count). The van der Waals surface area contributed by atoms with E-state index in [4.69, 9.17) is 32.5 Å². The number of hydrogen-bond acceptors (Lipinski definition) is 6. The first-order chi connectivity index (χ1) is 15.4. The van der Waals surface area contributed by atoms with E-state index in [9.17, 15) is 19.2 Å². The number of halogens is 2. The van der Waals surface area contributed by atoms with Crippen LogP contribution in [-0.2, 0) is 23.7 Å². The molecule has 1 aromatic carbocycles. The minimum Gasteiger partial charge on any atom is -0.599 e. The molecule has 1 aromatic rings. The molecule has 8 nitrogen and oxygen atoms in total. The molecule has 1 atom stereocenters. The maximum absolute atomic E-state index is 12.9. The average molecular weight is 499 g/mol. The minimum absolute atomic E-state index is 0.0135. The van der Waals surface area contributed by atoms with Crippen molar-refractivity contribution in [1.82, 2.24) is 5.32 Å². The number of Topliss-reactive ketones (excluding diaryl/α,β-unsaturated/α-hetero) is 1. The van der Waals surface area contributed by atoms with Crippen molar-refractivity contribution in [2.75, 3.05) is 13.1 Å². The number of amides is 1. The fourth-order valence-corrected chi connectivity index (χ4v) is 5.37. The van der Waals surface area contributed by atoms with Crippen molar-refractivity contribution in [2.24, 2.45) is 5.92 Å². The van der Waals surface area contributed by atoms with Crippen molar-refractivity contribution in [2.45, 2.75) is 58.9 Å². The van der Waals surface area contributed by atoms with Gasteiger partial charge in [-0.25, -0.2) is 0 Å². The van der Waals surface area contributed by atoms with Gasteiger partial charge in [-0.1, -0.05) is 37.0 Å². The summed E-state index contributed by atoms with van der Waals surface area (Å²) in [6, 6.07) is 4.44. The standard InChI is InChI=1S/C22H29BCl2N2O6/c1-13(2)9-19(23-27(14(3)4,11-21(30)32-23)12-22(31)33-23)26-20(29)8-7-18(28)16-10-15(24)5-6-17(16)25/h5-6,10,13-14,19H,7-9,11-12H2,1-4H3,(H,26,29)/t19-,23?,27?/m0/s1. The number of nitrogens with zero attached hydrogens (tertiary/aromatic N) is 1. The van der Waals surface area contributed by atoms with Crippen LogP contribution in [0.1, 0.15) is 57.3 Å². The van der Waals surface area contributed by atoms with Crippen molar-refractivity contribution >= 4 is 53.5 Å². The van der Waals surface area contributed by atoms with Crippen LogP contribution >= 0.6 is 23.2 Å². The van der Waals surface area contributed by atoms with E-state index in [1.807, 2.05) is 27.7 Å². The molecule has 0 spiro atoms. The maximum Gasteiger partial charge on any atom is 0.605 e. The Hall–Kier alpha value is -2.10. The van der Waals surface area contributed by atoms with Crippen molar-refractivity contribution in [1.29, 1.82) is 0 Å². The largest absolute Gasteiger partial charge is 0.605 e. The van der Waals surface area contributed by atoms with Crippen molar-refractivity contribution in [3.8, 4) is 0 Å². The molecule has 11 heteroatoms. The molecule has 1 amide bonds. The van der Waals surface area contributed by atoms with Crippen molar-refractivity contribution < 1.29 is 32.9 Å². The predicted molar refractivity (Wildman–Crippen MR) is 124 cm³/mol. The number of carbonyl (C=O) groups excluding carboxylic acids is 4. The number of nitrogens with one attached hydrogen (secondary N) is 1. The topological polar surface area (TPSA) is 98.8 Å². The van der Waals surface area contributed by atoms with E-state index in [1.54, 1.807) is 6.07 Å². The maximum atomic E-state index is 12.9. The fraction of sp³-hybridized carbons (Fsp3) is 0.545. The van der Waals surface area contributed by atoms with E-state index in [0.29, 0.717) is 11.4 Å². The highest BCUT2D eigenvalue weighted by Gasteiger charge is 2.71. The summed E-state index contributed by atoms with van der Waals surface area (Å²) in [4.78, 5) is 50.3. The summed E-state index contributed by atoms with van der Waals surface area (Å²) in [5, 5.41) is 3.55. The normalized spacial score (nSPS) is 25.1. The zero-order chi connectivity index (χ0) is 24.6. The Labute approximate surface area is 203 Å².